The zero-order valence-corrected chi connectivity index (χ0v) is 15.3. The van der Waals surface area contributed by atoms with Gasteiger partial charge in [-0.1, -0.05) is 24.3 Å². The fraction of sp³-hybridized carbons (Fsp3) is 0.238. The van der Waals surface area contributed by atoms with E-state index in [0.29, 0.717) is 23.3 Å². The van der Waals surface area contributed by atoms with Crippen molar-refractivity contribution in [3.63, 3.8) is 0 Å². The molecule has 5 nitrogen and oxygen atoms in total. The molecule has 0 unspecified atom stereocenters. The quantitative estimate of drug-likeness (QED) is 0.571. The van der Waals surface area contributed by atoms with Gasteiger partial charge in [0.15, 0.2) is 11.6 Å². The number of carbonyl (C=O) groups is 2. The average Bonchev–Trinajstić information content (AvgIpc) is 3.02. The lowest BCUT2D eigenvalue weighted by atomic mass is 9.64. The van der Waals surface area contributed by atoms with Crippen molar-refractivity contribution < 1.29 is 19.3 Å². The third-order valence-corrected chi connectivity index (χ3v) is 5.26. The third kappa shape index (κ3) is 3.17. The Morgan fingerprint density at radius 2 is 2.07 bits per heavy atom. The van der Waals surface area contributed by atoms with Crippen molar-refractivity contribution in [3.8, 4) is 5.75 Å². The molecule has 0 spiro atoms. The molecule has 1 atom stereocenters. The zero-order chi connectivity index (χ0) is 19.1. The summed E-state index contributed by atoms with van der Waals surface area (Å²) in [5, 5.41) is 11.5. The summed E-state index contributed by atoms with van der Waals surface area (Å²) in [6, 6.07) is 13.0. The van der Waals surface area contributed by atoms with Crippen molar-refractivity contribution in [1.82, 2.24) is 4.57 Å². The normalized spacial score (nSPS) is 16.1. The minimum absolute atomic E-state index is 0.0306. The molecule has 0 aliphatic carbocycles. The van der Waals surface area contributed by atoms with Gasteiger partial charge in [0.05, 0.1) is 5.56 Å². The van der Waals surface area contributed by atoms with E-state index in [-0.39, 0.29) is 23.8 Å². The second-order valence-electron chi connectivity index (χ2n) is 7.15. The Balaban J connectivity index is 1.57. The first-order valence-electron chi connectivity index (χ1n) is 9.00. The predicted molar refractivity (Wildman–Crippen MR) is 104 cm³/mol. The van der Waals surface area contributed by atoms with Crippen molar-refractivity contribution in [2.75, 3.05) is 0 Å². The first-order valence-corrected chi connectivity index (χ1v) is 9.00. The van der Waals surface area contributed by atoms with Crippen LogP contribution in [0.15, 0.2) is 48.7 Å². The van der Waals surface area contributed by atoms with E-state index in [4.69, 9.17) is 4.65 Å². The van der Waals surface area contributed by atoms with Crippen molar-refractivity contribution in [1.29, 1.82) is 0 Å². The molecule has 4 rings (SSSR count). The number of hydrogen-bond donors (Lipinski definition) is 1. The molecule has 1 N–H and O–H groups in total. The molecule has 27 heavy (non-hydrogen) atoms. The highest BCUT2D eigenvalue weighted by molar-refractivity contribution is 6.47. The van der Waals surface area contributed by atoms with Crippen LogP contribution in [-0.4, -0.2) is 28.3 Å². The SMILES string of the molecule is CC(=O)c1cccc2c1OB(O)[C@@H](CC(=O)c1ccc3ccn(C)c3c1)C2. The number of fused-ring (bicyclic) bond motifs is 2. The van der Waals surface area contributed by atoms with E-state index in [1.54, 1.807) is 12.1 Å². The average molecular weight is 361 g/mol. The number of ketones is 2. The summed E-state index contributed by atoms with van der Waals surface area (Å²) in [5.74, 6) is -0.0517. The highest BCUT2D eigenvalue weighted by Gasteiger charge is 2.37. The summed E-state index contributed by atoms with van der Waals surface area (Å²) >= 11 is 0. The van der Waals surface area contributed by atoms with E-state index >= 15 is 0 Å². The maximum Gasteiger partial charge on any atom is 0.526 e. The van der Waals surface area contributed by atoms with Crippen LogP contribution in [0.4, 0.5) is 0 Å². The van der Waals surface area contributed by atoms with E-state index in [9.17, 15) is 14.6 Å². The third-order valence-electron chi connectivity index (χ3n) is 5.26. The number of rotatable bonds is 4. The molecule has 1 aromatic heterocycles. The number of hydrogen-bond acceptors (Lipinski definition) is 4. The lowest BCUT2D eigenvalue weighted by Gasteiger charge is -2.28. The number of carbonyl (C=O) groups excluding carboxylic acids is 2. The van der Waals surface area contributed by atoms with Crippen molar-refractivity contribution in [3.05, 3.63) is 65.4 Å². The second-order valence-corrected chi connectivity index (χ2v) is 7.15. The highest BCUT2D eigenvalue weighted by Crippen LogP contribution is 2.37. The lowest BCUT2D eigenvalue weighted by molar-refractivity contribution is 0.0971. The minimum Gasteiger partial charge on any atom is -0.535 e. The van der Waals surface area contributed by atoms with Gasteiger partial charge in [-0.2, -0.15) is 0 Å². The molecule has 0 amide bonds. The Morgan fingerprint density at radius 1 is 1.26 bits per heavy atom. The number of Topliss-reactive ketones (excluding diaryl/α,β-unsaturated/α-hetero) is 2. The number of para-hydroxylation sites is 1. The Bertz CT molecular complexity index is 1060. The summed E-state index contributed by atoms with van der Waals surface area (Å²) in [6.45, 7) is 1.47. The van der Waals surface area contributed by atoms with Crippen LogP contribution in [0.5, 0.6) is 5.75 Å². The van der Waals surface area contributed by atoms with E-state index in [2.05, 4.69) is 0 Å². The molecule has 0 bridgehead atoms. The van der Waals surface area contributed by atoms with Crippen LogP contribution < -0.4 is 4.65 Å². The van der Waals surface area contributed by atoms with Crippen LogP contribution >= 0.6 is 0 Å². The number of benzene rings is 2. The summed E-state index contributed by atoms with van der Waals surface area (Å²) in [5.41, 5.74) is 2.94. The van der Waals surface area contributed by atoms with Gasteiger partial charge in [0.2, 0.25) is 0 Å². The summed E-state index contributed by atoms with van der Waals surface area (Å²) in [7, 11) is 0.833. The topological polar surface area (TPSA) is 68.5 Å². The molecule has 0 saturated heterocycles. The first kappa shape index (κ1) is 17.6. The minimum atomic E-state index is -1.11. The van der Waals surface area contributed by atoms with E-state index < -0.39 is 7.12 Å². The Labute approximate surface area is 157 Å². The molecular weight excluding hydrogens is 341 g/mol. The number of aryl methyl sites for hydroxylation is 1. The van der Waals surface area contributed by atoms with Crippen molar-refractivity contribution in [2.24, 2.45) is 7.05 Å². The van der Waals surface area contributed by atoms with Crippen molar-refractivity contribution in [2.45, 2.75) is 25.6 Å². The molecule has 0 fully saturated rings. The van der Waals surface area contributed by atoms with Gasteiger partial charge in [0.25, 0.3) is 0 Å². The highest BCUT2D eigenvalue weighted by atomic mass is 16.5. The smallest absolute Gasteiger partial charge is 0.526 e. The monoisotopic (exact) mass is 361 g/mol. The maximum absolute atomic E-state index is 12.8. The van der Waals surface area contributed by atoms with Gasteiger partial charge >= 0.3 is 7.12 Å². The van der Waals surface area contributed by atoms with Crippen LogP contribution in [-0.2, 0) is 13.5 Å². The van der Waals surface area contributed by atoms with E-state index in [1.165, 1.54) is 6.92 Å². The standard InChI is InChI=1S/C21H20BNO4/c1-13(24)18-5-3-4-16-10-17(22(26)27-21(16)18)12-20(25)15-7-6-14-8-9-23(2)19(14)11-15/h3-9,11,17,26H,10,12H2,1-2H3/t17-/m1/s1. The Morgan fingerprint density at radius 3 is 2.85 bits per heavy atom. The van der Waals surface area contributed by atoms with Gasteiger partial charge in [-0.25, -0.2) is 0 Å². The fourth-order valence-corrected chi connectivity index (χ4v) is 3.73. The maximum atomic E-state index is 12.8. The van der Waals surface area contributed by atoms with Crippen LogP contribution in [0, 0.1) is 0 Å². The molecule has 0 saturated carbocycles. The van der Waals surface area contributed by atoms with Gasteiger partial charge in [0.1, 0.15) is 5.75 Å². The number of nitrogens with zero attached hydrogens (tertiary/aromatic N) is 1. The summed E-state index contributed by atoms with van der Waals surface area (Å²) < 4.78 is 7.61. The molecule has 0 radical (unpaired) electrons. The summed E-state index contributed by atoms with van der Waals surface area (Å²) in [4.78, 5) is 24.6. The van der Waals surface area contributed by atoms with Crippen molar-refractivity contribution >= 4 is 29.6 Å². The van der Waals surface area contributed by atoms with Gasteiger partial charge in [-0.3, -0.25) is 9.59 Å². The van der Waals surface area contributed by atoms with E-state index in [0.717, 1.165) is 16.5 Å². The predicted octanol–water partition coefficient (Wildman–Crippen LogP) is 3.44. The molecule has 6 heteroatoms. The first-order chi connectivity index (χ1) is 12.9. The van der Waals surface area contributed by atoms with Gasteiger partial charge in [-0.15, -0.1) is 0 Å². The molecule has 2 heterocycles. The van der Waals surface area contributed by atoms with Crippen LogP contribution in [0.25, 0.3) is 10.9 Å². The zero-order valence-electron chi connectivity index (χ0n) is 15.3. The largest absolute Gasteiger partial charge is 0.535 e. The second kappa shape index (κ2) is 6.70. The van der Waals surface area contributed by atoms with Crippen LogP contribution in [0.2, 0.25) is 5.82 Å². The molecule has 3 aromatic rings. The van der Waals surface area contributed by atoms with Crippen LogP contribution in [0.3, 0.4) is 0 Å². The Kier molecular flexibility index (Phi) is 4.36. The van der Waals surface area contributed by atoms with Gasteiger partial charge in [-0.05, 0) is 42.5 Å². The lowest BCUT2D eigenvalue weighted by Crippen LogP contribution is -2.35. The fourth-order valence-electron chi connectivity index (χ4n) is 3.73. The number of aromatic nitrogens is 1. The molecule has 2 aromatic carbocycles. The van der Waals surface area contributed by atoms with Gasteiger partial charge < -0.3 is 14.2 Å². The molecule has 136 valence electrons. The molecular formula is C21H20BNO4. The van der Waals surface area contributed by atoms with Crippen LogP contribution in [0.1, 0.15) is 39.6 Å². The summed E-state index contributed by atoms with van der Waals surface area (Å²) in [6.07, 6.45) is 2.64. The molecule has 1 aliphatic rings. The van der Waals surface area contributed by atoms with E-state index in [1.807, 2.05) is 48.1 Å². The Hall–Kier alpha value is -2.86. The van der Waals surface area contributed by atoms with Gasteiger partial charge in [0, 0.05) is 36.6 Å². The molecule has 1 aliphatic heterocycles.